The summed E-state index contributed by atoms with van der Waals surface area (Å²) in [6.45, 7) is 3.74. The van der Waals surface area contributed by atoms with Crippen molar-refractivity contribution in [3.8, 4) is 5.75 Å². The van der Waals surface area contributed by atoms with Gasteiger partial charge < -0.3 is 10.5 Å². The molecule has 0 aliphatic rings. The molecular formula is C12H20N2O. The third-order valence-corrected chi connectivity index (χ3v) is 2.73. The predicted molar refractivity (Wildman–Crippen MR) is 63.1 cm³/mol. The minimum atomic E-state index is 0.269. The molecule has 0 saturated heterocycles. The Morgan fingerprint density at radius 2 is 2.20 bits per heavy atom. The van der Waals surface area contributed by atoms with Crippen LogP contribution in [-0.2, 0) is 0 Å². The van der Waals surface area contributed by atoms with Crippen LogP contribution < -0.4 is 10.5 Å². The SMILES string of the molecule is CCN(C)C(CN)c1cccc(OC)c1. The summed E-state index contributed by atoms with van der Waals surface area (Å²) in [6.07, 6.45) is 0. The fraction of sp³-hybridized carbons (Fsp3) is 0.500. The van der Waals surface area contributed by atoms with E-state index in [1.807, 2.05) is 18.2 Å². The summed E-state index contributed by atoms with van der Waals surface area (Å²) < 4.78 is 5.20. The molecule has 0 radical (unpaired) electrons. The molecular weight excluding hydrogens is 188 g/mol. The molecule has 1 unspecified atom stereocenters. The normalized spacial score (nSPS) is 12.9. The molecule has 1 atom stereocenters. The van der Waals surface area contributed by atoms with Crippen LogP contribution in [0.5, 0.6) is 5.75 Å². The molecule has 1 aromatic carbocycles. The summed E-state index contributed by atoms with van der Waals surface area (Å²) in [4.78, 5) is 2.23. The van der Waals surface area contributed by atoms with Crippen LogP contribution in [0.25, 0.3) is 0 Å². The smallest absolute Gasteiger partial charge is 0.119 e. The van der Waals surface area contributed by atoms with Crippen molar-refractivity contribution in [2.75, 3.05) is 27.2 Å². The summed E-state index contributed by atoms with van der Waals surface area (Å²) >= 11 is 0. The van der Waals surface area contributed by atoms with E-state index >= 15 is 0 Å². The Hall–Kier alpha value is -1.06. The Morgan fingerprint density at radius 3 is 2.73 bits per heavy atom. The molecule has 1 aromatic rings. The van der Waals surface area contributed by atoms with Gasteiger partial charge in [0.25, 0.3) is 0 Å². The van der Waals surface area contributed by atoms with Gasteiger partial charge in [0, 0.05) is 12.6 Å². The zero-order valence-electron chi connectivity index (χ0n) is 9.73. The van der Waals surface area contributed by atoms with Crippen LogP contribution in [0, 0.1) is 0 Å². The first-order valence-electron chi connectivity index (χ1n) is 5.27. The molecule has 0 bridgehead atoms. The van der Waals surface area contributed by atoms with Gasteiger partial charge in [-0.05, 0) is 31.3 Å². The number of ether oxygens (including phenoxy) is 1. The lowest BCUT2D eigenvalue weighted by Gasteiger charge is -2.26. The molecule has 0 spiro atoms. The van der Waals surface area contributed by atoms with E-state index in [1.54, 1.807) is 7.11 Å². The Morgan fingerprint density at radius 1 is 1.47 bits per heavy atom. The highest BCUT2D eigenvalue weighted by molar-refractivity contribution is 5.30. The van der Waals surface area contributed by atoms with E-state index in [1.165, 1.54) is 5.56 Å². The molecule has 3 nitrogen and oxygen atoms in total. The highest BCUT2D eigenvalue weighted by Crippen LogP contribution is 2.22. The number of hydrogen-bond donors (Lipinski definition) is 1. The lowest BCUT2D eigenvalue weighted by molar-refractivity contribution is 0.263. The number of nitrogens with two attached hydrogens (primary N) is 1. The molecule has 3 heteroatoms. The van der Waals surface area contributed by atoms with Crippen molar-refractivity contribution in [1.82, 2.24) is 4.90 Å². The second-order valence-corrected chi connectivity index (χ2v) is 3.60. The number of benzene rings is 1. The third kappa shape index (κ3) is 2.94. The summed E-state index contributed by atoms with van der Waals surface area (Å²) in [5.74, 6) is 0.885. The molecule has 0 amide bonds. The Kier molecular flexibility index (Phi) is 4.59. The van der Waals surface area contributed by atoms with Crippen molar-refractivity contribution in [2.45, 2.75) is 13.0 Å². The summed E-state index contributed by atoms with van der Waals surface area (Å²) in [5, 5.41) is 0. The molecule has 1 rings (SSSR count). The van der Waals surface area contributed by atoms with Gasteiger partial charge in [0.2, 0.25) is 0 Å². The zero-order valence-corrected chi connectivity index (χ0v) is 9.73. The maximum atomic E-state index is 5.79. The van der Waals surface area contributed by atoms with Crippen LogP contribution in [0.3, 0.4) is 0 Å². The highest BCUT2D eigenvalue weighted by Gasteiger charge is 2.13. The van der Waals surface area contributed by atoms with Crippen molar-refractivity contribution in [1.29, 1.82) is 0 Å². The van der Waals surface area contributed by atoms with Crippen molar-refractivity contribution in [3.05, 3.63) is 29.8 Å². The highest BCUT2D eigenvalue weighted by atomic mass is 16.5. The van der Waals surface area contributed by atoms with Crippen LogP contribution in [0.2, 0.25) is 0 Å². The maximum Gasteiger partial charge on any atom is 0.119 e. The van der Waals surface area contributed by atoms with E-state index < -0.39 is 0 Å². The average Bonchev–Trinajstić information content (AvgIpc) is 2.30. The molecule has 0 aliphatic carbocycles. The largest absolute Gasteiger partial charge is 0.497 e. The average molecular weight is 208 g/mol. The summed E-state index contributed by atoms with van der Waals surface area (Å²) in [5.41, 5.74) is 7.00. The Balaban J connectivity index is 2.91. The molecule has 0 fully saturated rings. The quantitative estimate of drug-likeness (QED) is 0.799. The summed E-state index contributed by atoms with van der Waals surface area (Å²) in [7, 11) is 3.76. The zero-order chi connectivity index (χ0) is 11.3. The van der Waals surface area contributed by atoms with E-state index in [0.717, 1.165) is 12.3 Å². The van der Waals surface area contributed by atoms with Crippen LogP contribution in [0.1, 0.15) is 18.5 Å². The minimum absolute atomic E-state index is 0.269. The minimum Gasteiger partial charge on any atom is -0.497 e. The molecule has 0 aromatic heterocycles. The maximum absolute atomic E-state index is 5.79. The fourth-order valence-electron chi connectivity index (χ4n) is 1.64. The van der Waals surface area contributed by atoms with E-state index in [-0.39, 0.29) is 6.04 Å². The predicted octanol–water partition coefficient (Wildman–Crippen LogP) is 1.65. The molecule has 2 N–H and O–H groups in total. The number of hydrogen-bond acceptors (Lipinski definition) is 3. The van der Waals surface area contributed by atoms with E-state index in [0.29, 0.717) is 6.54 Å². The lowest BCUT2D eigenvalue weighted by Crippen LogP contribution is -2.30. The molecule has 0 saturated carbocycles. The summed E-state index contributed by atoms with van der Waals surface area (Å²) in [6, 6.07) is 8.35. The first kappa shape index (κ1) is 12.0. The van der Waals surface area contributed by atoms with Gasteiger partial charge in [-0.2, -0.15) is 0 Å². The molecule has 0 heterocycles. The van der Waals surface area contributed by atoms with Gasteiger partial charge in [0.05, 0.1) is 7.11 Å². The lowest BCUT2D eigenvalue weighted by atomic mass is 10.1. The topological polar surface area (TPSA) is 38.5 Å². The van der Waals surface area contributed by atoms with E-state index in [4.69, 9.17) is 10.5 Å². The van der Waals surface area contributed by atoms with Crippen molar-refractivity contribution in [2.24, 2.45) is 5.73 Å². The number of rotatable bonds is 5. The second kappa shape index (κ2) is 5.73. The molecule has 0 aliphatic heterocycles. The van der Waals surface area contributed by atoms with Crippen molar-refractivity contribution >= 4 is 0 Å². The Bertz CT molecular complexity index is 301. The van der Waals surface area contributed by atoms with Crippen molar-refractivity contribution < 1.29 is 4.74 Å². The van der Waals surface area contributed by atoms with Crippen molar-refractivity contribution in [3.63, 3.8) is 0 Å². The first-order valence-corrected chi connectivity index (χ1v) is 5.27. The van der Waals surface area contributed by atoms with Gasteiger partial charge >= 0.3 is 0 Å². The van der Waals surface area contributed by atoms with Gasteiger partial charge in [0.15, 0.2) is 0 Å². The molecule has 15 heavy (non-hydrogen) atoms. The van der Waals surface area contributed by atoms with Gasteiger partial charge in [-0.1, -0.05) is 19.1 Å². The van der Waals surface area contributed by atoms with Crippen LogP contribution in [-0.4, -0.2) is 32.1 Å². The monoisotopic (exact) mass is 208 g/mol. The van der Waals surface area contributed by atoms with Gasteiger partial charge in [0.1, 0.15) is 5.75 Å². The van der Waals surface area contributed by atoms with Crippen LogP contribution >= 0.6 is 0 Å². The van der Waals surface area contributed by atoms with Crippen LogP contribution in [0.4, 0.5) is 0 Å². The second-order valence-electron chi connectivity index (χ2n) is 3.60. The standard InChI is InChI=1S/C12H20N2O/c1-4-14(2)12(9-13)10-6-5-7-11(8-10)15-3/h5-8,12H,4,9,13H2,1-3H3. The van der Waals surface area contributed by atoms with Gasteiger partial charge in [-0.3, -0.25) is 4.90 Å². The van der Waals surface area contributed by atoms with Gasteiger partial charge in [-0.15, -0.1) is 0 Å². The molecule has 84 valence electrons. The van der Waals surface area contributed by atoms with E-state index in [2.05, 4.69) is 24.9 Å². The Labute approximate surface area is 91.8 Å². The first-order chi connectivity index (χ1) is 7.22. The number of nitrogens with zero attached hydrogens (tertiary/aromatic N) is 1. The number of methoxy groups -OCH3 is 1. The van der Waals surface area contributed by atoms with E-state index in [9.17, 15) is 0 Å². The number of likely N-dealkylation sites (N-methyl/N-ethyl adjacent to an activating group) is 1. The fourth-order valence-corrected chi connectivity index (χ4v) is 1.64. The van der Waals surface area contributed by atoms with Crippen LogP contribution in [0.15, 0.2) is 24.3 Å². The third-order valence-electron chi connectivity index (χ3n) is 2.73. The van der Waals surface area contributed by atoms with Gasteiger partial charge in [-0.25, -0.2) is 0 Å².